The average molecular weight is 231 g/mol. The topological polar surface area (TPSA) is 12.0 Å². The lowest BCUT2D eigenvalue weighted by molar-refractivity contribution is 0.307. The molecule has 1 aliphatic heterocycles. The Labute approximate surface area is 106 Å². The van der Waals surface area contributed by atoms with E-state index in [1.807, 2.05) is 0 Å². The molecule has 2 rings (SSSR count). The summed E-state index contributed by atoms with van der Waals surface area (Å²) in [5.41, 5.74) is 2.94. The normalized spacial score (nSPS) is 24.8. The summed E-state index contributed by atoms with van der Waals surface area (Å²) >= 11 is 0. The highest BCUT2D eigenvalue weighted by Gasteiger charge is 2.22. The van der Waals surface area contributed by atoms with Crippen LogP contribution < -0.4 is 5.32 Å². The average Bonchev–Trinajstić information content (AvgIpc) is 2.37. The molecule has 1 N–H and O–H groups in total. The molecule has 0 spiro atoms. The lowest BCUT2D eigenvalue weighted by Crippen LogP contribution is -2.37. The summed E-state index contributed by atoms with van der Waals surface area (Å²) in [6.07, 6.45) is 8.06. The van der Waals surface area contributed by atoms with Gasteiger partial charge in [-0.2, -0.15) is 0 Å². The minimum Gasteiger partial charge on any atom is -0.307 e. The highest BCUT2D eigenvalue weighted by atomic mass is 15.0. The Morgan fingerprint density at radius 3 is 2.82 bits per heavy atom. The number of aryl methyl sites for hydroxylation is 1. The fraction of sp³-hybridized carbons (Fsp3) is 0.625. The van der Waals surface area contributed by atoms with E-state index >= 15 is 0 Å². The second kappa shape index (κ2) is 6.20. The zero-order valence-electron chi connectivity index (χ0n) is 11.2. The molecule has 1 aromatic carbocycles. The van der Waals surface area contributed by atoms with Crippen LogP contribution in [0, 0.1) is 6.92 Å². The van der Waals surface area contributed by atoms with Crippen molar-refractivity contribution < 1.29 is 0 Å². The molecule has 1 nitrogen and oxygen atoms in total. The predicted octanol–water partition coefficient (Wildman–Crippen LogP) is 4.37. The van der Waals surface area contributed by atoms with Crippen LogP contribution in [0.1, 0.15) is 62.6 Å². The number of hydrogen-bond donors (Lipinski definition) is 1. The van der Waals surface area contributed by atoms with Gasteiger partial charge in [-0.05, 0) is 37.3 Å². The first kappa shape index (κ1) is 12.6. The van der Waals surface area contributed by atoms with Crippen molar-refractivity contribution in [1.82, 2.24) is 5.32 Å². The van der Waals surface area contributed by atoms with Gasteiger partial charge in [0.2, 0.25) is 0 Å². The Bertz CT molecular complexity index is 345. The van der Waals surface area contributed by atoms with E-state index < -0.39 is 0 Å². The number of benzene rings is 1. The number of rotatable bonds is 4. The summed E-state index contributed by atoms with van der Waals surface area (Å²) in [6, 6.07) is 10.2. The van der Waals surface area contributed by atoms with Crippen molar-refractivity contribution in [2.24, 2.45) is 0 Å². The lowest BCUT2D eigenvalue weighted by atomic mass is 9.89. The van der Waals surface area contributed by atoms with Gasteiger partial charge in [0.05, 0.1) is 0 Å². The van der Waals surface area contributed by atoms with E-state index in [0.717, 1.165) is 6.04 Å². The van der Waals surface area contributed by atoms with Gasteiger partial charge in [-0.3, -0.25) is 0 Å². The number of unbranched alkanes of at least 4 members (excludes halogenated alkanes) is 1. The van der Waals surface area contributed by atoms with E-state index in [-0.39, 0.29) is 0 Å². The molecule has 1 saturated heterocycles. The van der Waals surface area contributed by atoms with Gasteiger partial charge in [0.15, 0.2) is 0 Å². The van der Waals surface area contributed by atoms with E-state index in [9.17, 15) is 0 Å². The zero-order valence-corrected chi connectivity index (χ0v) is 11.2. The largest absolute Gasteiger partial charge is 0.307 e. The molecule has 1 aromatic rings. The zero-order chi connectivity index (χ0) is 12.1. The minimum atomic E-state index is 0.590. The summed E-state index contributed by atoms with van der Waals surface area (Å²) in [5.74, 6) is 0. The van der Waals surface area contributed by atoms with Crippen molar-refractivity contribution in [3.63, 3.8) is 0 Å². The van der Waals surface area contributed by atoms with Crippen molar-refractivity contribution in [3.8, 4) is 0 Å². The van der Waals surface area contributed by atoms with Crippen LogP contribution >= 0.6 is 0 Å². The molecule has 17 heavy (non-hydrogen) atoms. The summed E-state index contributed by atoms with van der Waals surface area (Å²) in [5, 5.41) is 3.85. The Morgan fingerprint density at radius 2 is 2.06 bits per heavy atom. The third-order valence-corrected chi connectivity index (χ3v) is 3.95. The maximum Gasteiger partial charge on any atom is 0.0325 e. The molecule has 1 heterocycles. The van der Waals surface area contributed by atoms with Crippen molar-refractivity contribution in [2.75, 3.05) is 0 Å². The van der Waals surface area contributed by atoms with E-state index in [1.54, 1.807) is 0 Å². The molecule has 1 fully saturated rings. The molecule has 0 amide bonds. The summed E-state index contributed by atoms with van der Waals surface area (Å²) in [7, 11) is 0. The number of hydrogen-bond acceptors (Lipinski definition) is 1. The second-order valence-electron chi connectivity index (χ2n) is 5.35. The highest BCUT2D eigenvalue weighted by molar-refractivity contribution is 5.29. The van der Waals surface area contributed by atoms with Gasteiger partial charge < -0.3 is 5.32 Å². The van der Waals surface area contributed by atoms with Crippen LogP contribution in [0.3, 0.4) is 0 Å². The molecule has 0 aromatic heterocycles. The summed E-state index contributed by atoms with van der Waals surface area (Å²) < 4.78 is 0. The molecule has 2 atom stereocenters. The van der Waals surface area contributed by atoms with Crippen molar-refractivity contribution >= 4 is 0 Å². The molecule has 94 valence electrons. The molecule has 2 unspecified atom stereocenters. The molecule has 1 aliphatic rings. The van der Waals surface area contributed by atoms with Gasteiger partial charge in [-0.25, -0.2) is 0 Å². The third-order valence-electron chi connectivity index (χ3n) is 3.95. The van der Waals surface area contributed by atoms with E-state index in [2.05, 4.69) is 43.4 Å². The smallest absolute Gasteiger partial charge is 0.0325 e. The van der Waals surface area contributed by atoms with Crippen LogP contribution in [0.4, 0.5) is 0 Å². The van der Waals surface area contributed by atoms with Gasteiger partial charge >= 0.3 is 0 Å². The molecular formula is C16H25N. The van der Waals surface area contributed by atoms with E-state index in [0.29, 0.717) is 6.04 Å². The molecule has 1 heteroatoms. The fourth-order valence-electron chi connectivity index (χ4n) is 2.92. The second-order valence-corrected chi connectivity index (χ2v) is 5.35. The quantitative estimate of drug-likeness (QED) is 0.811. The predicted molar refractivity (Wildman–Crippen MR) is 74.2 cm³/mol. The molecule has 0 radical (unpaired) electrons. The van der Waals surface area contributed by atoms with E-state index in [1.165, 1.54) is 49.7 Å². The monoisotopic (exact) mass is 231 g/mol. The van der Waals surface area contributed by atoms with Crippen molar-refractivity contribution in [2.45, 2.75) is 64.5 Å². The maximum absolute atomic E-state index is 3.85. The number of nitrogens with one attached hydrogen (secondary N) is 1. The Hall–Kier alpha value is -0.820. The van der Waals surface area contributed by atoms with Crippen molar-refractivity contribution in [1.29, 1.82) is 0 Å². The van der Waals surface area contributed by atoms with Gasteiger partial charge in [0.25, 0.3) is 0 Å². The molecule has 0 bridgehead atoms. The van der Waals surface area contributed by atoms with E-state index in [4.69, 9.17) is 0 Å². The lowest BCUT2D eigenvalue weighted by Gasteiger charge is -2.32. The van der Waals surface area contributed by atoms with Gasteiger partial charge in [-0.1, -0.05) is 50.5 Å². The van der Waals surface area contributed by atoms with Crippen LogP contribution in [-0.4, -0.2) is 6.04 Å². The first-order chi connectivity index (χ1) is 8.31. The standard InChI is InChI=1S/C16H25N/c1-3-4-9-14-10-7-12-16(17-14)15-11-6-5-8-13(15)2/h5-6,8,11,14,16-17H,3-4,7,9-10,12H2,1-2H3. The van der Waals surface area contributed by atoms with Crippen LogP contribution in [-0.2, 0) is 0 Å². The fourth-order valence-corrected chi connectivity index (χ4v) is 2.92. The van der Waals surface area contributed by atoms with Crippen LogP contribution in [0.25, 0.3) is 0 Å². The van der Waals surface area contributed by atoms with Gasteiger partial charge in [-0.15, -0.1) is 0 Å². The minimum absolute atomic E-state index is 0.590. The first-order valence-corrected chi connectivity index (χ1v) is 7.13. The van der Waals surface area contributed by atoms with Gasteiger partial charge in [0.1, 0.15) is 0 Å². The summed E-state index contributed by atoms with van der Waals surface area (Å²) in [6.45, 7) is 4.51. The molecule has 0 aliphatic carbocycles. The van der Waals surface area contributed by atoms with Crippen molar-refractivity contribution in [3.05, 3.63) is 35.4 Å². The van der Waals surface area contributed by atoms with Crippen LogP contribution in [0.5, 0.6) is 0 Å². The van der Waals surface area contributed by atoms with Crippen LogP contribution in [0.15, 0.2) is 24.3 Å². The summed E-state index contributed by atoms with van der Waals surface area (Å²) in [4.78, 5) is 0. The highest BCUT2D eigenvalue weighted by Crippen LogP contribution is 2.28. The SMILES string of the molecule is CCCCC1CCCC(c2ccccc2C)N1. The van der Waals surface area contributed by atoms with Gasteiger partial charge in [0, 0.05) is 12.1 Å². The Morgan fingerprint density at radius 1 is 1.24 bits per heavy atom. The first-order valence-electron chi connectivity index (χ1n) is 7.13. The Kier molecular flexibility index (Phi) is 4.61. The Balaban J connectivity index is 1.99. The maximum atomic E-state index is 3.85. The van der Waals surface area contributed by atoms with Crippen LogP contribution in [0.2, 0.25) is 0 Å². The molecular weight excluding hydrogens is 206 g/mol. The molecule has 0 saturated carbocycles. The third kappa shape index (κ3) is 3.32. The number of piperidine rings is 1.